The maximum absolute atomic E-state index is 12.5. The minimum absolute atomic E-state index is 0.0297. The minimum Gasteiger partial charge on any atom is -0.475 e. The van der Waals surface area contributed by atoms with E-state index in [0.717, 1.165) is 44.5 Å². The van der Waals surface area contributed by atoms with Crippen LogP contribution in [0.4, 0.5) is 39.5 Å². The highest BCUT2D eigenvalue weighted by Crippen LogP contribution is 2.39. The van der Waals surface area contributed by atoms with Crippen LogP contribution in [0.3, 0.4) is 0 Å². The molecule has 45 heavy (non-hydrogen) atoms. The van der Waals surface area contributed by atoms with Gasteiger partial charge in [-0.2, -0.15) is 39.5 Å². The second kappa shape index (κ2) is 16.0. The normalized spacial score (nSPS) is 17.7. The molecule has 0 bridgehead atoms. The highest BCUT2D eigenvalue weighted by molar-refractivity contribution is 5.87. The molecule has 4 heterocycles. The van der Waals surface area contributed by atoms with E-state index in [1.54, 1.807) is 12.4 Å². The van der Waals surface area contributed by atoms with E-state index in [-0.39, 0.29) is 17.4 Å². The van der Waals surface area contributed by atoms with E-state index in [0.29, 0.717) is 0 Å². The topological polar surface area (TPSA) is 170 Å². The number of carbonyl (C=O) groups excluding carboxylic acids is 1. The molecule has 0 saturated carbocycles. The van der Waals surface area contributed by atoms with Crippen molar-refractivity contribution in [3.05, 3.63) is 60.2 Å². The van der Waals surface area contributed by atoms with Gasteiger partial charge in [0.2, 0.25) is 5.91 Å². The maximum Gasteiger partial charge on any atom is 0.490 e. The molecule has 0 aliphatic carbocycles. The van der Waals surface area contributed by atoms with Gasteiger partial charge in [-0.15, -0.1) is 0 Å². The summed E-state index contributed by atoms with van der Waals surface area (Å²) >= 11 is 0. The van der Waals surface area contributed by atoms with Crippen LogP contribution in [0.5, 0.6) is 0 Å². The van der Waals surface area contributed by atoms with Crippen molar-refractivity contribution >= 4 is 23.8 Å². The largest absolute Gasteiger partial charge is 0.490 e. The van der Waals surface area contributed by atoms with Crippen LogP contribution in [0.2, 0.25) is 0 Å². The zero-order valence-electron chi connectivity index (χ0n) is 22.7. The predicted molar refractivity (Wildman–Crippen MR) is 132 cm³/mol. The number of nitrogens with one attached hydrogen (secondary N) is 1. The first-order valence-corrected chi connectivity index (χ1v) is 12.3. The zero-order valence-corrected chi connectivity index (χ0v) is 22.7. The predicted octanol–water partition coefficient (Wildman–Crippen LogP) is 4.01. The second-order valence-corrected chi connectivity index (χ2v) is 9.35. The summed E-state index contributed by atoms with van der Waals surface area (Å²) in [6.07, 6.45) is -5.05. The van der Waals surface area contributed by atoms with Gasteiger partial charge in [0.25, 0.3) is 0 Å². The van der Waals surface area contributed by atoms with Crippen LogP contribution in [0.25, 0.3) is 0 Å². The number of aliphatic carboxylic acids is 3. The molecule has 2 aliphatic heterocycles. The molecule has 1 amide bonds. The molecule has 20 heteroatoms. The van der Waals surface area contributed by atoms with Crippen molar-refractivity contribution < 1.29 is 74.0 Å². The average molecular weight is 664 g/mol. The van der Waals surface area contributed by atoms with Gasteiger partial charge in [0.1, 0.15) is 0 Å². The van der Waals surface area contributed by atoms with Crippen LogP contribution in [0.15, 0.2) is 49.1 Å². The Kier molecular flexibility index (Phi) is 13.7. The van der Waals surface area contributed by atoms with E-state index < -0.39 is 36.4 Å². The highest BCUT2D eigenvalue weighted by Gasteiger charge is 2.46. The number of amides is 1. The molecule has 2 aromatic heterocycles. The van der Waals surface area contributed by atoms with E-state index >= 15 is 0 Å². The first kappa shape index (κ1) is 38.5. The Labute approximate surface area is 247 Å². The summed E-state index contributed by atoms with van der Waals surface area (Å²) in [5, 5.41) is 24.7. The molecular formula is C25H25F9N4O7. The number of pyridine rings is 2. The molecule has 1 spiro atoms. The van der Waals surface area contributed by atoms with Gasteiger partial charge in [0.15, 0.2) is 0 Å². The lowest BCUT2D eigenvalue weighted by Crippen LogP contribution is -2.50. The standard InChI is InChI=1S/C19H22N4O.3C2HF3O2/c24-18-17(16-3-8-20-9-4-16)12-19(22-18)5-10-23(11-6-19)14-15-2-1-7-21-13-15;3*3-2(4,5)1(6)7/h1-4,7-9,13,17H,5-6,10-12,14H2,(H,22,24);3*(H,6,7). The summed E-state index contributed by atoms with van der Waals surface area (Å²) in [6.45, 7) is 2.96. The molecule has 0 radical (unpaired) electrons. The van der Waals surface area contributed by atoms with E-state index in [9.17, 15) is 44.3 Å². The first-order chi connectivity index (χ1) is 20.6. The molecule has 1 atom stereocenters. The third-order valence-corrected chi connectivity index (χ3v) is 6.08. The Hall–Kier alpha value is -4.49. The van der Waals surface area contributed by atoms with E-state index in [2.05, 4.69) is 26.3 Å². The number of nitrogens with zero attached hydrogens (tertiary/aromatic N) is 3. The molecule has 11 nitrogen and oxygen atoms in total. The number of rotatable bonds is 3. The van der Waals surface area contributed by atoms with Gasteiger partial charge in [0.05, 0.1) is 5.92 Å². The van der Waals surface area contributed by atoms with Gasteiger partial charge in [0, 0.05) is 50.0 Å². The first-order valence-electron chi connectivity index (χ1n) is 12.3. The van der Waals surface area contributed by atoms with Crippen molar-refractivity contribution in [2.24, 2.45) is 0 Å². The molecule has 1 unspecified atom stereocenters. The lowest BCUT2D eigenvalue weighted by atomic mass is 9.82. The van der Waals surface area contributed by atoms with Crippen LogP contribution < -0.4 is 5.32 Å². The number of likely N-dealkylation sites (tertiary alicyclic amines) is 1. The number of carboxylic acid groups (broad SMARTS) is 3. The number of aromatic nitrogens is 2. The number of carboxylic acids is 3. The fourth-order valence-corrected chi connectivity index (χ4v) is 3.97. The van der Waals surface area contributed by atoms with Crippen LogP contribution in [-0.4, -0.2) is 91.2 Å². The number of hydrogen-bond donors (Lipinski definition) is 4. The lowest BCUT2D eigenvalue weighted by molar-refractivity contribution is -0.193. The Morgan fingerprint density at radius 2 is 1.24 bits per heavy atom. The second-order valence-electron chi connectivity index (χ2n) is 9.35. The third kappa shape index (κ3) is 13.8. The number of halogens is 9. The fourth-order valence-electron chi connectivity index (χ4n) is 3.97. The minimum atomic E-state index is -5.08. The molecule has 2 saturated heterocycles. The third-order valence-electron chi connectivity index (χ3n) is 6.08. The summed E-state index contributed by atoms with van der Waals surface area (Å²) in [6, 6.07) is 8.02. The van der Waals surface area contributed by atoms with Crippen LogP contribution in [0.1, 0.15) is 36.3 Å². The Morgan fingerprint density at radius 1 is 0.800 bits per heavy atom. The van der Waals surface area contributed by atoms with Gasteiger partial charge < -0.3 is 20.6 Å². The fraction of sp³-hybridized carbons (Fsp3) is 0.440. The average Bonchev–Trinajstić information content (AvgIpc) is 3.26. The monoisotopic (exact) mass is 664 g/mol. The van der Waals surface area contributed by atoms with Gasteiger partial charge in [-0.1, -0.05) is 6.07 Å². The summed E-state index contributed by atoms with van der Waals surface area (Å²) in [4.78, 5) is 49.8. The summed E-state index contributed by atoms with van der Waals surface area (Å²) in [7, 11) is 0. The molecule has 0 aromatic carbocycles. The number of carbonyl (C=O) groups is 4. The number of alkyl halides is 9. The Morgan fingerprint density at radius 3 is 1.62 bits per heavy atom. The van der Waals surface area contributed by atoms with Crippen LogP contribution in [-0.2, 0) is 25.7 Å². The molecule has 2 aromatic rings. The van der Waals surface area contributed by atoms with Crippen molar-refractivity contribution in [3.8, 4) is 0 Å². The smallest absolute Gasteiger partial charge is 0.475 e. The van der Waals surface area contributed by atoms with E-state index in [1.807, 2.05) is 30.6 Å². The van der Waals surface area contributed by atoms with Crippen LogP contribution >= 0.6 is 0 Å². The van der Waals surface area contributed by atoms with Gasteiger partial charge in [-0.3, -0.25) is 19.7 Å². The van der Waals surface area contributed by atoms with Gasteiger partial charge in [-0.05, 0) is 48.6 Å². The quantitative estimate of drug-likeness (QED) is 0.352. The molecule has 2 fully saturated rings. The van der Waals surface area contributed by atoms with Crippen molar-refractivity contribution in [3.63, 3.8) is 0 Å². The van der Waals surface area contributed by atoms with Gasteiger partial charge in [-0.25, -0.2) is 14.4 Å². The Bertz CT molecular complexity index is 1210. The number of hydrogen-bond acceptors (Lipinski definition) is 7. The molecule has 250 valence electrons. The van der Waals surface area contributed by atoms with Gasteiger partial charge >= 0.3 is 36.4 Å². The van der Waals surface area contributed by atoms with Crippen molar-refractivity contribution in [2.75, 3.05) is 13.1 Å². The molecular weight excluding hydrogens is 639 g/mol. The van der Waals surface area contributed by atoms with Crippen molar-refractivity contribution in [1.29, 1.82) is 0 Å². The highest BCUT2D eigenvalue weighted by atomic mass is 19.4. The zero-order chi connectivity index (χ0) is 34.6. The van der Waals surface area contributed by atoms with E-state index in [1.165, 1.54) is 5.56 Å². The van der Waals surface area contributed by atoms with Crippen LogP contribution in [0, 0.1) is 0 Å². The summed E-state index contributed by atoms with van der Waals surface area (Å²) in [5.41, 5.74) is 2.30. The summed E-state index contributed by atoms with van der Waals surface area (Å²) in [5.74, 6) is -8.13. The Balaban J connectivity index is 0.000000396. The van der Waals surface area contributed by atoms with Crippen molar-refractivity contribution in [2.45, 2.75) is 55.8 Å². The maximum atomic E-state index is 12.5. The molecule has 2 aliphatic rings. The number of piperidine rings is 1. The van der Waals surface area contributed by atoms with E-state index in [4.69, 9.17) is 29.7 Å². The molecule has 4 N–H and O–H groups in total. The SMILES string of the molecule is O=C(O)C(F)(F)F.O=C(O)C(F)(F)F.O=C(O)C(F)(F)F.O=C1NC2(CCN(Cc3cccnc3)CC2)CC1c1ccncc1. The lowest BCUT2D eigenvalue weighted by Gasteiger charge is -2.39. The van der Waals surface area contributed by atoms with Crippen molar-refractivity contribution in [1.82, 2.24) is 20.2 Å². The molecule has 4 rings (SSSR count). The summed E-state index contributed by atoms with van der Waals surface area (Å²) < 4.78 is 95.2.